The van der Waals surface area contributed by atoms with Crippen LogP contribution in [0.1, 0.15) is 44.6 Å². The highest BCUT2D eigenvalue weighted by atomic mass is 15.1. The highest BCUT2D eigenvalue weighted by Crippen LogP contribution is 2.31. The van der Waals surface area contributed by atoms with Gasteiger partial charge >= 0.3 is 0 Å². The maximum atomic E-state index is 6.15. The fourth-order valence-electron chi connectivity index (χ4n) is 3.20. The van der Waals surface area contributed by atoms with Crippen molar-refractivity contribution in [2.45, 2.75) is 46.0 Å². The molecule has 100 valence electrons. The van der Waals surface area contributed by atoms with E-state index in [1.54, 1.807) is 0 Å². The third kappa shape index (κ3) is 2.98. The second kappa shape index (κ2) is 6.12. The summed E-state index contributed by atoms with van der Waals surface area (Å²) in [5.41, 5.74) is 9.67. The predicted molar refractivity (Wildman–Crippen MR) is 80.1 cm³/mol. The maximum absolute atomic E-state index is 6.15. The average Bonchev–Trinajstić information content (AvgIpc) is 2.56. The summed E-state index contributed by atoms with van der Waals surface area (Å²) in [6.07, 6.45) is 6.71. The molecule has 1 aliphatic heterocycles. The van der Waals surface area contributed by atoms with Crippen molar-refractivity contribution in [1.82, 2.24) is 0 Å². The summed E-state index contributed by atoms with van der Waals surface area (Å²) in [6, 6.07) is 6.24. The zero-order valence-electron chi connectivity index (χ0n) is 11.8. The van der Waals surface area contributed by atoms with E-state index in [2.05, 4.69) is 24.8 Å². The van der Waals surface area contributed by atoms with Gasteiger partial charge in [0.05, 0.1) is 11.4 Å². The van der Waals surface area contributed by atoms with Crippen LogP contribution in [0.15, 0.2) is 18.2 Å². The van der Waals surface area contributed by atoms with Crippen LogP contribution in [0.2, 0.25) is 0 Å². The molecule has 1 atom stereocenters. The molecule has 1 aromatic carbocycles. The van der Waals surface area contributed by atoms with E-state index in [1.165, 1.54) is 49.9 Å². The molecule has 0 saturated carbocycles. The van der Waals surface area contributed by atoms with Crippen LogP contribution in [-0.2, 0) is 0 Å². The van der Waals surface area contributed by atoms with Crippen molar-refractivity contribution in [3.05, 3.63) is 23.8 Å². The molecule has 1 unspecified atom stereocenters. The lowest BCUT2D eigenvalue weighted by molar-refractivity contribution is 0.435. The first-order valence-electron chi connectivity index (χ1n) is 7.32. The van der Waals surface area contributed by atoms with E-state index in [1.807, 2.05) is 12.1 Å². The topological polar surface area (TPSA) is 29.3 Å². The molecule has 1 fully saturated rings. The van der Waals surface area contributed by atoms with Crippen LogP contribution in [0.3, 0.4) is 0 Å². The first kappa shape index (κ1) is 13.3. The van der Waals surface area contributed by atoms with Gasteiger partial charge in [-0.25, -0.2) is 0 Å². The van der Waals surface area contributed by atoms with Crippen LogP contribution in [0.4, 0.5) is 11.4 Å². The Balaban J connectivity index is 2.10. The SMILES string of the molecule is CCCC1CCCN(c2c(C)cccc2N)CC1. The van der Waals surface area contributed by atoms with Crippen LogP contribution in [0.5, 0.6) is 0 Å². The van der Waals surface area contributed by atoms with Crippen molar-refractivity contribution in [2.24, 2.45) is 5.92 Å². The molecule has 0 amide bonds. The summed E-state index contributed by atoms with van der Waals surface area (Å²) >= 11 is 0. The smallest absolute Gasteiger partial charge is 0.0629 e. The van der Waals surface area contributed by atoms with Gasteiger partial charge in [0.15, 0.2) is 0 Å². The number of hydrogen-bond acceptors (Lipinski definition) is 2. The van der Waals surface area contributed by atoms with Gasteiger partial charge in [0.2, 0.25) is 0 Å². The van der Waals surface area contributed by atoms with Gasteiger partial charge in [0, 0.05) is 13.1 Å². The molecular weight excluding hydrogens is 220 g/mol. The number of anilines is 2. The van der Waals surface area contributed by atoms with E-state index in [0.717, 1.165) is 18.2 Å². The Hall–Kier alpha value is -1.18. The van der Waals surface area contributed by atoms with Gasteiger partial charge in [-0.15, -0.1) is 0 Å². The first-order chi connectivity index (χ1) is 8.72. The van der Waals surface area contributed by atoms with Gasteiger partial charge in [0.1, 0.15) is 0 Å². The molecule has 18 heavy (non-hydrogen) atoms. The summed E-state index contributed by atoms with van der Waals surface area (Å²) in [6.45, 7) is 6.79. The van der Waals surface area contributed by atoms with E-state index in [-0.39, 0.29) is 0 Å². The lowest BCUT2D eigenvalue weighted by Crippen LogP contribution is -2.26. The average molecular weight is 246 g/mol. The number of hydrogen-bond donors (Lipinski definition) is 1. The van der Waals surface area contributed by atoms with Crippen molar-refractivity contribution in [3.63, 3.8) is 0 Å². The molecule has 0 aliphatic carbocycles. The van der Waals surface area contributed by atoms with Gasteiger partial charge in [-0.3, -0.25) is 0 Å². The van der Waals surface area contributed by atoms with Crippen molar-refractivity contribution in [2.75, 3.05) is 23.7 Å². The number of nitrogen functional groups attached to an aromatic ring is 1. The van der Waals surface area contributed by atoms with Gasteiger partial charge in [-0.1, -0.05) is 31.9 Å². The minimum Gasteiger partial charge on any atom is -0.397 e. The number of para-hydroxylation sites is 1. The number of nitrogens with two attached hydrogens (primary N) is 1. The highest BCUT2D eigenvalue weighted by molar-refractivity contribution is 5.71. The molecule has 1 aliphatic rings. The largest absolute Gasteiger partial charge is 0.397 e. The summed E-state index contributed by atoms with van der Waals surface area (Å²) in [7, 11) is 0. The summed E-state index contributed by atoms with van der Waals surface area (Å²) in [5.74, 6) is 0.922. The van der Waals surface area contributed by atoms with E-state index < -0.39 is 0 Å². The highest BCUT2D eigenvalue weighted by Gasteiger charge is 2.18. The van der Waals surface area contributed by atoms with Gasteiger partial charge in [0.25, 0.3) is 0 Å². The third-order valence-corrected chi connectivity index (χ3v) is 4.13. The lowest BCUT2D eigenvalue weighted by atomic mass is 9.96. The Morgan fingerprint density at radius 1 is 1.28 bits per heavy atom. The fourth-order valence-corrected chi connectivity index (χ4v) is 3.20. The Morgan fingerprint density at radius 2 is 2.11 bits per heavy atom. The van der Waals surface area contributed by atoms with E-state index in [0.29, 0.717) is 0 Å². The molecule has 1 aromatic rings. The monoisotopic (exact) mass is 246 g/mol. The molecule has 0 radical (unpaired) electrons. The Labute approximate surface area is 111 Å². The fraction of sp³-hybridized carbons (Fsp3) is 0.625. The van der Waals surface area contributed by atoms with Crippen molar-refractivity contribution < 1.29 is 0 Å². The zero-order valence-corrected chi connectivity index (χ0v) is 11.8. The van der Waals surface area contributed by atoms with Crippen LogP contribution in [0.25, 0.3) is 0 Å². The van der Waals surface area contributed by atoms with Crippen molar-refractivity contribution >= 4 is 11.4 Å². The quantitative estimate of drug-likeness (QED) is 0.817. The normalized spacial score (nSPS) is 20.8. The summed E-state index contributed by atoms with van der Waals surface area (Å²) in [4.78, 5) is 2.50. The number of benzene rings is 1. The summed E-state index contributed by atoms with van der Waals surface area (Å²) in [5, 5.41) is 0. The molecule has 0 aromatic heterocycles. The van der Waals surface area contributed by atoms with Crippen LogP contribution >= 0.6 is 0 Å². The van der Waals surface area contributed by atoms with Gasteiger partial charge in [-0.05, 0) is 43.7 Å². The maximum Gasteiger partial charge on any atom is 0.0629 e. The summed E-state index contributed by atoms with van der Waals surface area (Å²) < 4.78 is 0. The van der Waals surface area contributed by atoms with Crippen molar-refractivity contribution in [1.29, 1.82) is 0 Å². The number of aryl methyl sites for hydroxylation is 1. The minimum atomic E-state index is 0.922. The molecular formula is C16H26N2. The number of rotatable bonds is 3. The first-order valence-corrected chi connectivity index (χ1v) is 7.32. The van der Waals surface area contributed by atoms with Crippen LogP contribution < -0.4 is 10.6 Å². The molecule has 0 bridgehead atoms. The molecule has 2 N–H and O–H groups in total. The Kier molecular flexibility index (Phi) is 4.51. The van der Waals surface area contributed by atoms with Gasteiger partial charge < -0.3 is 10.6 Å². The van der Waals surface area contributed by atoms with Gasteiger partial charge in [-0.2, -0.15) is 0 Å². The second-order valence-corrected chi connectivity index (χ2v) is 5.59. The third-order valence-electron chi connectivity index (χ3n) is 4.13. The lowest BCUT2D eigenvalue weighted by Gasteiger charge is -2.26. The predicted octanol–water partition coefficient (Wildman–Crippen LogP) is 3.98. The second-order valence-electron chi connectivity index (χ2n) is 5.59. The standard InChI is InChI=1S/C16H26N2/c1-3-6-14-8-5-11-18(12-10-14)16-13(2)7-4-9-15(16)17/h4,7,9,14H,3,5-6,8,10-12,17H2,1-2H3. The molecule has 0 spiro atoms. The zero-order chi connectivity index (χ0) is 13.0. The minimum absolute atomic E-state index is 0.922. The molecule has 2 nitrogen and oxygen atoms in total. The number of nitrogens with zero attached hydrogens (tertiary/aromatic N) is 1. The molecule has 2 rings (SSSR count). The molecule has 2 heteroatoms. The molecule has 1 heterocycles. The van der Waals surface area contributed by atoms with Crippen LogP contribution in [0, 0.1) is 12.8 Å². The van der Waals surface area contributed by atoms with Crippen LogP contribution in [-0.4, -0.2) is 13.1 Å². The van der Waals surface area contributed by atoms with Crippen molar-refractivity contribution in [3.8, 4) is 0 Å². The van der Waals surface area contributed by atoms with E-state index in [4.69, 9.17) is 5.73 Å². The molecule has 1 saturated heterocycles. The van der Waals surface area contributed by atoms with E-state index >= 15 is 0 Å². The Morgan fingerprint density at radius 3 is 2.83 bits per heavy atom. The van der Waals surface area contributed by atoms with E-state index in [9.17, 15) is 0 Å². The Bertz CT molecular complexity index is 366.